The third kappa shape index (κ3) is 3.77. The smallest absolute Gasteiger partial charge is 0.406 e. The third-order valence-corrected chi connectivity index (χ3v) is 3.94. The minimum atomic E-state index is -4.74. The van der Waals surface area contributed by atoms with Gasteiger partial charge in [0.25, 0.3) is 0 Å². The Balaban J connectivity index is 1.87. The molecular weight excluding hydrogens is 345 g/mol. The highest BCUT2D eigenvalue weighted by Gasteiger charge is 2.31. The summed E-state index contributed by atoms with van der Waals surface area (Å²) in [5.41, 5.74) is 1.07. The first kappa shape index (κ1) is 16.5. The van der Waals surface area contributed by atoms with E-state index in [9.17, 15) is 13.2 Å². The lowest BCUT2D eigenvalue weighted by atomic mass is 10.1. The van der Waals surface area contributed by atoms with Gasteiger partial charge in [0.2, 0.25) is 10.1 Å². The van der Waals surface area contributed by atoms with Crippen LogP contribution < -0.4 is 10.1 Å². The number of anilines is 1. The Morgan fingerprint density at radius 1 is 1.33 bits per heavy atom. The number of hydrogen-bond donors (Lipinski definition) is 2. The maximum absolute atomic E-state index is 12.3. The molecule has 0 aliphatic heterocycles. The van der Waals surface area contributed by atoms with Crippen molar-refractivity contribution in [2.75, 3.05) is 18.5 Å². The van der Waals surface area contributed by atoms with Crippen LogP contribution >= 0.6 is 11.3 Å². The molecule has 1 aromatic carbocycles. The fourth-order valence-electron chi connectivity index (χ4n) is 2.09. The van der Waals surface area contributed by atoms with E-state index in [0.717, 1.165) is 0 Å². The van der Waals surface area contributed by atoms with E-state index < -0.39 is 6.36 Å². The largest absolute Gasteiger partial charge is 0.573 e. The molecule has 3 aromatic rings. The Labute approximate surface area is 138 Å². The molecule has 2 aromatic heterocycles. The monoisotopic (exact) mass is 358 g/mol. The van der Waals surface area contributed by atoms with Crippen molar-refractivity contribution in [3.05, 3.63) is 30.5 Å². The topological polar surface area (TPSA) is 71.7 Å². The average Bonchev–Trinajstić information content (AvgIpc) is 3.06. The van der Waals surface area contributed by atoms with Crippen LogP contribution in [0.25, 0.3) is 16.2 Å². The number of aliphatic hydroxyl groups excluding tert-OH is 1. The second-order valence-corrected chi connectivity index (χ2v) is 5.78. The number of fused-ring (bicyclic) bond motifs is 1. The SMILES string of the molecule is OCCCNc1nn2c(-c3cccc(OC(F)(F)F)c3)cnc2s1. The van der Waals surface area contributed by atoms with E-state index >= 15 is 0 Å². The first-order valence-electron chi connectivity index (χ1n) is 7.02. The van der Waals surface area contributed by atoms with Gasteiger partial charge in [0.05, 0.1) is 11.9 Å². The molecule has 6 nitrogen and oxygen atoms in total. The van der Waals surface area contributed by atoms with Crippen molar-refractivity contribution in [1.82, 2.24) is 14.6 Å². The molecule has 0 saturated heterocycles. The predicted molar refractivity (Wildman–Crippen MR) is 83.2 cm³/mol. The van der Waals surface area contributed by atoms with Crippen LogP contribution in [0.4, 0.5) is 18.3 Å². The van der Waals surface area contributed by atoms with Gasteiger partial charge in [0.1, 0.15) is 5.75 Å². The Morgan fingerprint density at radius 2 is 2.17 bits per heavy atom. The zero-order chi connectivity index (χ0) is 17.2. The van der Waals surface area contributed by atoms with Gasteiger partial charge in [-0.2, -0.15) is 0 Å². The van der Waals surface area contributed by atoms with Gasteiger partial charge < -0.3 is 15.2 Å². The van der Waals surface area contributed by atoms with Gasteiger partial charge in [-0.1, -0.05) is 23.5 Å². The van der Waals surface area contributed by atoms with Crippen LogP contribution in [0.15, 0.2) is 30.5 Å². The highest BCUT2D eigenvalue weighted by molar-refractivity contribution is 7.20. The number of ether oxygens (including phenoxy) is 1. The second-order valence-electron chi connectivity index (χ2n) is 4.82. The summed E-state index contributed by atoms with van der Waals surface area (Å²) < 4.78 is 42.5. The predicted octanol–water partition coefficient (Wildman–Crippen LogP) is 3.15. The van der Waals surface area contributed by atoms with E-state index in [0.29, 0.717) is 34.3 Å². The molecule has 128 valence electrons. The highest BCUT2D eigenvalue weighted by Crippen LogP contribution is 2.30. The van der Waals surface area contributed by atoms with Crippen LogP contribution in [0, 0.1) is 0 Å². The number of hydrogen-bond acceptors (Lipinski definition) is 6. The Kier molecular flexibility index (Phi) is 4.58. The zero-order valence-electron chi connectivity index (χ0n) is 12.2. The van der Waals surface area contributed by atoms with Gasteiger partial charge in [-0.05, 0) is 18.6 Å². The maximum atomic E-state index is 12.3. The van der Waals surface area contributed by atoms with E-state index in [1.54, 1.807) is 16.8 Å². The molecule has 0 atom stereocenters. The van der Waals surface area contributed by atoms with E-state index in [2.05, 4.69) is 20.1 Å². The number of aliphatic hydroxyl groups is 1. The number of rotatable bonds is 6. The van der Waals surface area contributed by atoms with Gasteiger partial charge in [-0.15, -0.1) is 18.3 Å². The quantitative estimate of drug-likeness (QED) is 0.663. The number of imidazole rings is 1. The molecule has 0 fully saturated rings. The van der Waals surface area contributed by atoms with Crippen LogP contribution in [0.1, 0.15) is 6.42 Å². The van der Waals surface area contributed by atoms with Crippen molar-refractivity contribution in [2.45, 2.75) is 12.8 Å². The molecule has 24 heavy (non-hydrogen) atoms. The van der Waals surface area contributed by atoms with Crippen LogP contribution in [0.3, 0.4) is 0 Å². The van der Waals surface area contributed by atoms with E-state index in [1.165, 1.54) is 29.5 Å². The standard InChI is InChI=1S/C14H13F3N4O2S/c15-14(16,17)23-10-4-1-3-9(7-10)11-8-19-13-21(11)20-12(24-13)18-5-2-6-22/h1,3-4,7-8,22H,2,5-6H2,(H,18,20). The fourth-order valence-corrected chi connectivity index (χ4v) is 2.89. The van der Waals surface area contributed by atoms with Gasteiger partial charge >= 0.3 is 6.36 Å². The van der Waals surface area contributed by atoms with E-state index in [4.69, 9.17) is 5.11 Å². The normalized spacial score (nSPS) is 11.8. The molecule has 0 aliphatic carbocycles. The van der Waals surface area contributed by atoms with E-state index in [1.807, 2.05) is 0 Å². The average molecular weight is 358 g/mol. The van der Waals surface area contributed by atoms with Crippen LogP contribution in [0.2, 0.25) is 0 Å². The van der Waals surface area contributed by atoms with Gasteiger partial charge in [-0.3, -0.25) is 0 Å². The van der Waals surface area contributed by atoms with Gasteiger partial charge in [0, 0.05) is 18.7 Å². The van der Waals surface area contributed by atoms with Crippen molar-refractivity contribution in [3.8, 4) is 17.0 Å². The molecule has 0 saturated carbocycles. The molecule has 0 aliphatic rings. The molecule has 2 N–H and O–H groups in total. The number of benzene rings is 1. The fraction of sp³-hybridized carbons (Fsp3) is 0.286. The lowest BCUT2D eigenvalue weighted by Crippen LogP contribution is -2.17. The number of nitrogens with zero attached hydrogens (tertiary/aromatic N) is 3. The summed E-state index contributed by atoms with van der Waals surface area (Å²) in [7, 11) is 0. The summed E-state index contributed by atoms with van der Waals surface area (Å²) in [6.45, 7) is 0.643. The summed E-state index contributed by atoms with van der Waals surface area (Å²) in [6, 6.07) is 5.65. The van der Waals surface area contributed by atoms with Crippen molar-refractivity contribution in [3.63, 3.8) is 0 Å². The summed E-state index contributed by atoms with van der Waals surface area (Å²) >= 11 is 1.31. The zero-order valence-corrected chi connectivity index (χ0v) is 13.1. The molecule has 3 rings (SSSR count). The van der Waals surface area contributed by atoms with Crippen molar-refractivity contribution in [2.24, 2.45) is 0 Å². The Hall–Kier alpha value is -2.33. The number of alkyl halides is 3. The minimum Gasteiger partial charge on any atom is -0.406 e. The third-order valence-electron chi connectivity index (χ3n) is 3.06. The van der Waals surface area contributed by atoms with Crippen molar-refractivity contribution >= 4 is 21.4 Å². The number of nitrogens with one attached hydrogen (secondary N) is 1. The summed E-state index contributed by atoms with van der Waals surface area (Å²) in [6.07, 6.45) is -2.61. The molecule has 0 radical (unpaired) electrons. The molecule has 0 bridgehead atoms. The van der Waals surface area contributed by atoms with Crippen molar-refractivity contribution in [1.29, 1.82) is 0 Å². The first-order valence-corrected chi connectivity index (χ1v) is 7.83. The molecule has 2 heterocycles. The molecule has 0 amide bonds. The van der Waals surface area contributed by atoms with Crippen LogP contribution in [-0.2, 0) is 0 Å². The Morgan fingerprint density at radius 3 is 2.92 bits per heavy atom. The number of halogens is 3. The van der Waals surface area contributed by atoms with Crippen molar-refractivity contribution < 1.29 is 23.0 Å². The molecular formula is C14H13F3N4O2S. The lowest BCUT2D eigenvalue weighted by Gasteiger charge is -2.09. The van der Waals surface area contributed by atoms with Crippen LogP contribution in [-0.4, -0.2) is 39.2 Å². The summed E-state index contributed by atoms with van der Waals surface area (Å²) in [4.78, 5) is 4.82. The highest BCUT2D eigenvalue weighted by atomic mass is 32.1. The Bertz CT molecular complexity index is 831. The minimum absolute atomic E-state index is 0.0761. The van der Waals surface area contributed by atoms with Gasteiger partial charge in [0.15, 0.2) is 0 Å². The van der Waals surface area contributed by atoms with Crippen LogP contribution in [0.5, 0.6) is 5.75 Å². The summed E-state index contributed by atoms with van der Waals surface area (Å²) in [5.74, 6) is -0.300. The molecule has 0 spiro atoms. The maximum Gasteiger partial charge on any atom is 0.573 e. The van der Waals surface area contributed by atoms with E-state index in [-0.39, 0.29) is 12.4 Å². The first-order chi connectivity index (χ1) is 11.5. The lowest BCUT2D eigenvalue weighted by molar-refractivity contribution is -0.274. The van der Waals surface area contributed by atoms with Gasteiger partial charge in [-0.25, -0.2) is 9.50 Å². The summed E-state index contributed by atoms with van der Waals surface area (Å²) in [5, 5.41) is 16.8. The molecule has 0 unspecified atom stereocenters. The number of aromatic nitrogens is 3. The second kappa shape index (κ2) is 6.65. The molecule has 10 heteroatoms.